The summed E-state index contributed by atoms with van der Waals surface area (Å²) in [5, 5.41) is 0. The second kappa shape index (κ2) is 2.26. The minimum Gasteiger partial charge on any atom is -0.462 e. The molecule has 0 radical (unpaired) electrons. The smallest absolute Gasteiger partial charge is 0.305 e. The molecule has 0 aromatic carbocycles. The monoisotopic (exact) mass is 142 g/mol. The van der Waals surface area contributed by atoms with Gasteiger partial charge in [0.25, 0.3) is 0 Å². The van der Waals surface area contributed by atoms with Crippen LogP contribution < -0.4 is 0 Å². The molecule has 10 heavy (non-hydrogen) atoms. The van der Waals surface area contributed by atoms with Crippen LogP contribution in [0.5, 0.6) is 0 Å². The van der Waals surface area contributed by atoms with Crippen molar-refractivity contribution in [1.82, 2.24) is 0 Å². The lowest BCUT2D eigenvalue weighted by Crippen LogP contribution is -2.08. The fourth-order valence-electron chi connectivity index (χ4n) is 0.862. The molecule has 58 valence electrons. The summed E-state index contributed by atoms with van der Waals surface area (Å²) in [5.41, 5.74) is 0.255. The molecule has 1 fully saturated rings. The lowest BCUT2D eigenvalue weighted by molar-refractivity contribution is -0.145. The molecule has 2 nitrogen and oxygen atoms in total. The van der Waals surface area contributed by atoms with E-state index >= 15 is 0 Å². The third-order valence-corrected chi connectivity index (χ3v) is 1.99. The molecule has 0 heterocycles. The van der Waals surface area contributed by atoms with Crippen LogP contribution in [-0.2, 0) is 9.53 Å². The van der Waals surface area contributed by atoms with Crippen molar-refractivity contribution in [3.8, 4) is 0 Å². The third-order valence-electron chi connectivity index (χ3n) is 1.99. The van der Waals surface area contributed by atoms with E-state index in [1.54, 1.807) is 0 Å². The number of rotatable bonds is 2. The summed E-state index contributed by atoms with van der Waals surface area (Å²) in [6, 6.07) is 0. The van der Waals surface area contributed by atoms with E-state index in [1.165, 1.54) is 0 Å². The van der Waals surface area contributed by atoms with Gasteiger partial charge in [0, 0.05) is 11.8 Å². The molecule has 1 atom stereocenters. The SMILES string of the molecule is CCC(=O)OC1CC1(C)C. The largest absolute Gasteiger partial charge is 0.462 e. The van der Waals surface area contributed by atoms with E-state index in [4.69, 9.17) is 4.74 Å². The Labute approximate surface area is 61.6 Å². The minimum absolute atomic E-state index is 0.0735. The molecule has 1 rings (SSSR count). The molecule has 0 N–H and O–H groups in total. The molecule has 0 spiro atoms. The number of ether oxygens (including phenoxy) is 1. The number of esters is 1. The first kappa shape index (κ1) is 7.58. The van der Waals surface area contributed by atoms with Gasteiger partial charge >= 0.3 is 5.97 Å². The first-order chi connectivity index (χ1) is 4.56. The van der Waals surface area contributed by atoms with Gasteiger partial charge < -0.3 is 4.74 Å². The zero-order valence-electron chi connectivity index (χ0n) is 6.81. The Bertz CT molecular complexity index is 149. The van der Waals surface area contributed by atoms with Gasteiger partial charge in [-0.05, 0) is 6.42 Å². The van der Waals surface area contributed by atoms with Gasteiger partial charge in [-0.2, -0.15) is 0 Å². The van der Waals surface area contributed by atoms with E-state index in [-0.39, 0.29) is 17.5 Å². The maximum Gasteiger partial charge on any atom is 0.305 e. The number of carbonyl (C=O) groups excluding carboxylic acids is 1. The Morgan fingerprint density at radius 1 is 1.70 bits per heavy atom. The highest BCUT2D eigenvalue weighted by Crippen LogP contribution is 2.47. The molecule has 0 aliphatic heterocycles. The van der Waals surface area contributed by atoms with Crippen molar-refractivity contribution < 1.29 is 9.53 Å². The highest BCUT2D eigenvalue weighted by molar-refractivity contribution is 5.69. The topological polar surface area (TPSA) is 26.3 Å². The Balaban J connectivity index is 2.24. The summed E-state index contributed by atoms with van der Waals surface area (Å²) in [6.45, 7) is 6.04. The zero-order valence-corrected chi connectivity index (χ0v) is 6.81. The Kier molecular flexibility index (Phi) is 1.71. The Hall–Kier alpha value is -0.530. The molecule has 1 aliphatic carbocycles. The summed E-state index contributed by atoms with van der Waals surface area (Å²) in [4.78, 5) is 10.7. The van der Waals surface area contributed by atoms with Crippen LogP contribution in [0.4, 0.5) is 0 Å². The summed E-state index contributed by atoms with van der Waals surface area (Å²) in [7, 11) is 0. The van der Waals surface area contributed by atoms with Crippen molar-refractivity contribution in [1.29, 1.82) is 0 Å². The van der Waals surface area contributed by atoms with Crippen molar-refractivity contribution in [2.24, 2.45) is 5.41 Å². The predicted octanol–water partition coefficient (Wildman–Crippen LogP) is 1.74. The van der Waals surface area contributed by atoms with E-state index < -0.39 is 0 Å². The van der Waals surface area contributed by atoms with Gasteiger partial charge in [-0.3, -0.25) is 4.79 Å². The van der Waals surface area contributed by atoms with Gasteiger partial charge in [0.2, 0.25) is 0 Å². The first-order valence-electron chi connectivity index (χ1n) is 3.76. The summed E-state index contributed by atoms with van der Waals surface area (Å²) < 4.78 is 5.09. The lowest BCUT2D eigenvalue weighted by Gasteiger charge is -2.03. The lowest BCUT2D eigenvalue weighted by atomic mass is 10.2. The average Bonchev–Trinajstić information content (AvgIpc) is 2.40. The van der Waals surface area contributed by atoms with Crippen LogP contribution >= 0.6 is 0 Å². The van der Waals surface area contributed by atoms with Crippen LogP contribution in [-0.4, -0.2) is 12.1 Å². The van der Waals surface area contributed by atoms with E-state index in [0.29, 0.717) is 6.42 Å². The van der Waals surface area contributed by atoms with Gasteiger partial charge in [-0.25, -0.2) is 0 Å². The third kappa shape index (κ3) is 1.49. The average molecular weight is 142 g/mol. The molecule has 2 heteroatoms. The quantitative estimate of drug-likeness (QED) is 0.549. The van der Waals surface area contributed by atoms with Crippen LogP contribution in [0, 0.1) is 5.41 Å². The second-order valence-corrected chi connectivity index (χ2v) is 3.52. The van der Waals surface area contributed by atoms with Gasteiger partial charge in [0.1, 0.15) is 6.10 Å². The molecule has 0 bridgehead atoms. The number of carbonyl (C=O) groups is 1. The molecule has 1 aliphatic rings. The van der Waals surface area contributed by atoms with Crippen LogP contribution in [0.2, 0.25) is 0 Å². The number of hydrogen-bond donors (Lipinski definition) is 0. The number of hydrogen-bond acceptors (Lipinski definition) is 2. The fraction of sp³-hybridized carbons (Fsp3) is 0.875. The van der Waals surface area contributed by atoms with E-state index in [1.807, 2.05) is 6.92 Å². The summed E-state index contributed by atoms with van der Waals surface area (Å²) >= 11 is 0. The van der Waals surface area contributed by atoms with E-state index in [0.717, 1.165) is 6.42 Å². The predicted molar refractivity (Wildman–Crippen MR) is 38.6 cm³/mol. The van der Waals surface area contributed by atoms with Crippen LogP contribution in [0.3, 0.4) is 0 Å². The van der Waals surface area contributed by atoms with Crippen molar-refractivity contribution in [2.75, 3.05) is 0 Å². The Morgan fingerprint density at radius 2 is 2.20 bits per heavy atom. The van der Waals surface area contributed by atoms with Crippen molar-refractivity contribution in [3.05, 3.63) is 0 Å². The maximum absolute atomic E-state index is 10.7. The van der Waals surface area contributed by atoms with Crippen molar-refractivity contribution >= 4 is 5.97 Å². The van der Waals surface area contributed by atoms with Crippen LogP contribution in [0.15, 0.2) is 0 Å². The highest BCUT2D eigenvalue weighted by atomic mass is 16.5. The van der Waals surface area contributed by atoms with E-state index in [9.17, 15) is 4.79 Å². The standard InChI is InChI=1S/C8H14O2/c1-4-7(9)10-6-5-8(6,2)3/h6H,4-5H2,1-3H3. The molecule has 1 unspecified atom stereocenters. The summed E-state index contributed by atoms with van der Waals surface area (Å²) in [6.07, 6.45) is 1.71. The highest BCUT2D eigenvalue weighted by Gasteiger charge is 2.48. The van der Waals surface area contributed by atoms with Crippen LogP contribution in [0.1, 0.15) is 33.6 Å². The molecule has 0 saturated heterocycles. The molecule has 0 aromatic heterocycles. The van der Waals surface area contributed by atoms with Crippen molar-refractivity contribution in [2.45, 2.75) is 39.7 Å². The fourth-order valence-corrected chi connectivity index (χ4v) is 0.862. The molecule has 1 saturated carbocycles. The first-order valence-corrected chi connectivity index (χ1v) is 3.76. The molecular formula is C8H14O2. The van der Waals surface area contributed by atoms with Crippen LogP contribution in [0.25, 0.3) is 0 Å². The van der Waals surface area contributed by atoms with Gasteiger partial charge in [0.15, 0.2) is 0 Å². The molecule has 0 aromatic rings. The molecule has 0 amide bonds. The van der Waals surface area contributed by atoms with E-state index in [2.05, 4.69) is 13.8 Å². The van der Waals surface area contributed by atoms with Gasteiger partial charge in [0.05, 0.1) is 0 Å². The summed E-state index contributed by atoms with van der Waals surface area (Å²) in [5.74, 6) is -0.0735. The van der Waals surface area contributed by atoms with Gasteiger partial charge in [-0.15, -0.1) is 0 Å². The Morgan fingerprint density at radius 3 is 2.50 bits per heavy atom. The maximum atomic E-state index is 10.7. The second-order valence-electron chi connectivity index (χ2n) is 3.52. The normalized spacial score (nSPS) is 27.7. The minimum atomic E-state index is -0.0735. The zero-order chi connectivity index (χ0) is 7.78. The van der Waals surface area contributed by atoms with Gasteiger partial charge in [-0.1, -0.05) is 20.8 Å². The molecular weight excluding hydrogens is 128 g/mol. The van der Waals surface area contributed by atoms with Crippen molar-refractivity contribution in [3.63, 3.8) is 0 Å².